The van der Waals surface area contributed by atoms with Crippen molar-refractivity contribution in [3.8, 4) is 0 Å². The van der Waals surface area contributed by atoms with Crippen LogP contribution in [0.25, 0.3) is 0 Å². The summed E-state index contributed by atoms with van der Waals surface area (Å²) in [5, 5.41) is 2.75. The van der Waals surface area contributed by atoms with Crippen molar-refractivity contribution in [2.75, 3.05) is 18.4 Å². The smallest absolute Gasteiger partial charge is 0.255 e. The number of carbonyl (C=O) groups is 2. The van der Waals surface area contributed by atoms with Crippen LogP contribution in [0, 0.1) is 23.0 Å². The van der Waals surface area contributed by atoms with E-state index in [1.54, 1.807) is 12.1 Å². The molecule has 2 aromatic carbocycles. The van der Waals surface area contributed by atoms with Gasteiger partial charge in [-0.3, -0.25) is 9.59 Å². The molecule has 1 aliphatic carbocycles. The molecule has 0 aromatic heterocycles. The van der Waals surface area contributed by atoms with Gasteiger partial charge in [0.25, 0.3) is 5.91 Å². The summed E-state index contributed by atoms with van der Waals surface area (Å²) in [6.45, 7) is 5.30. The van der Waals surface area contributed by atoms with Gasteiger partial charge < -0.3 is 16.0 Å². The van der Waals surface area contributed by atoms with Gasteiger partial charge in [-0.15, -0.1) is 0 Å². The normalized spacial score (nSPS) is 14.7. The van der Waals surface area contributed by atoms with Crippen molar-refractivity contribution in [1.29, 1.82) is 0 Å². The summed E-state index contributed by atoms with van der Waals surface area (Å²) >= 11 is 0. The topological polar surface area (TPSA) is 75.4 Å². The number of hydrogen-bond donors (Lipinski definition) is 2. The predicted octanol–water partition coefficient (Wildman–Crippen LogP) is 5.11. The van der Waals surface area contributed by atoms with E-state index in [9.17, 15) is 18.4 Å². The zero-order valence-corrected chi connectivity index (χ0v) is 19.4. The predicted molar refractivity (Wildman–Crippen MR) is 126 cm³/mol. The summed E-state index contributed by atoms with van der Waals surface area (Å²) in [7, 11) is 0. The van der Waals surface area contributed by atoms with Gasteiger partial charge in [0.15, 0.2) is 0 Å². The molecule has 1 aliphatic rings. The fourth-order valence-electron chi connectivity index (χ4n) is 4.27. The molecule has 0 spiro atoms. The van der Waals surface area contributed by atoms with Crippen LogP contribution in [0.5, 0.6) is 0 Å². The van der Waals surface area contributed by atoms with Crippen molar-refractivity contribution in [2.24, 2.45) is 17.1 Å². The van der Waals surface area contributed by atoms with Gasteiger partial charge in [-0.2, -0.15) is 0 Å². The first-order valence-electron chi connectivity index (χ1n) is 11.5. The second-order valence-electron chi connectivity index (χ2n) is 9.67. The van der Waals surface area contributed by atoms with E-state index in [-0.39, 0.29) is 22.8 Å². The van der Waals surface area contributed by atoms with Crippen LogP contribution in [-0.4, -0.2) is 29.8 Å². The Bertz CT molecular complexity index is 967. The zero-order chi connectivity index (χ0) is 24.0. The number of amides is 2. The minimum absolute atomic E-state index is 0.00403. The van der Waals surface area contributed by atoms with E-state index in [1.165, 1.54) is 0 Å². The van der Waals surface area contributed by atoms with Crippen molar-refractivity contribution < 1.29 is 18.4 Å². The van der Waals surface area contributed by atoms with Gasteiger partial charge in [0.2, 0.25) is 5.91 Å². The Labute approximate surface area is 194 Å². The first kappa shape index (κ1) is 24.8. The number of halogens is 2. The summed E-state index contributed by atoms with van der Waals surface area (Å²) in [5.74, 6) is -2.13. The van der Waals surface area contributed by atoms with E-state index in [0.717, 1.165) is 55.9 Å². The molecular formula is C26H33F2N3O2. The van der Waals surface area contributed by atoms with Crippen LogP contribution >= 0.6 is 0 Å². The highest BCUT2D eigenvalue weighted by atomic mass is 19.1. The Hall–Kier alpha value is -2.80. The number of carbonyl (C=O) groups excluding carboxylic acids is 2. The number of nitrogens with zero attached hydrogens (tertiary/aromatic N) is 1. The van der Waals surface area contributed by atoms with Crippen molar-refractivity contribution in [2.45, 2.75) is 52.5 Å². The van der Waals surface area contributed by atoms with Crippen molar-refractivity contribution >= 4 is 17.5 Å². The first-order chi connectivity index (χ1) is 15.7. The lowest BCUT2D eigenvalue weighted by Gasteiger charge is -2.35. The van der Waals surface area contributed by atoms with Crippen molar-refractivity contribution in [3.05, 3.63) is 65.2 Å². The molecule has 0 atom stereocenters. The maximum Gasteiger partial charge on any atom is 0.255 e. The number of anilines is 1. The molecule has 33 heavy (non-hydrogen) atoms. The molecule has 0 aliphatic heterocycles. The fourth-order valence-corrected chi connectivity index (χ4v) is 4.27. The molecule has 2 aromatic rings. The Morgan fingerprint density at radius 3 is 2.33 bits per heavy atom. The highest BCUT2D eigenvalue weighted by molar-refractivity contribution is 6.04. The molecule has 7 heteroatoms. The summed E-state index contributed by atoms with van der Waals surface area (Å²) in [4.78, 5) is 28.0. The highest BCUT2D eigenvalue weighted by Gasteiger charge is 2.30. The van der Waals surface area contributed by atoms with Gasteiger partial charge >= 0.3 is 0 Å². The van der Waals surface area contributed by atoms with E-state index < -0.39 is 17.5 Å². The van der Waals surface area contributed by atoms with E-state index >= 15 is 0 Å². The van der Waals surface area contributed by atoms with E-state index in [2.05, 4.69) is 5.32 Å². The lowest BCUT2D eigenvalue weighted by molar-refractivity contribution is -0.138. The molecule has 0 radical (unpaired) electrons. The average molecular weight is 458 g/mol. The monoisotopic (exact) mass is 457 g/mol. The Kier molecular flexibility index (Phi) is 8.19. The molecule has 178 valence electrons. The van der Waals surface area contributed by atoms with Crippen molar-refractivity contribution in [1.82, 2.24) is 4.90 Å². The third-order valence-corrected chi connectivity index (χ3v) is 6.19. The van der Waals surface area contributed by atoms with Crippen LogP contribution in [0.4, 0.5) is 14.5 Å². The summed E-state index contributed by atoms with van der Waals surface area (Å²) in [6, 6.07) is 9.87. The minimum Gasteiger partial charge on any atom is -0.337 e. The van der Waals surface area contributed by atoms with Gasteiger partial charge in [-0.1, -0.05) is 51.3 Å². The standard InChI is InChI=1S/C26H33F2N3O2/c1-26(2,16-29)17-31(25(33)18-8-4-3-5-9-18)15-19-10-6-7-11-23(19)30-24(32)20-12-21(27)14-22(28)13-20/h6-7,10-14,18H,3-5,8-9,15-17,29H2,1-2H3,(H,30,32). The van der Waals surface area contributed by atoms with E-state index in [0.29, 0.717) is 25.3 Å². The molecule has 0 saturated heterocycles. The lowest BCUT2D eigenvalue weighted by atomic mass is 9.86. The quantitative estimate of drug-likeness (QED) is 0.578. The van der Waals surface area contributed by atoms with Crippen LogP contribution in [-0.2, 0) is 11.3 Å². The van der Waals surface area contributed by atoms with Crippen LogP contribution in [0.3, 0.4) is 0 Å². The fraction of sp³-hybridized carbons (Fsp3) is 0.462. The van der Waals surface area contributed by atoms with Gasteiger partial charge in [-0.05, 0) is 48.6 Å². The minimum atomic E-state index is -0.818. The zero-order valence-electron chi connectivity index (χ0n) is 19.4. The number of benzene rings is 2. The van der Waals surface area contributed by atoms with Gasteiger partial charge in [-0.25, -0.2) is 8.78 Å². The average Bonchev–Trinajstić information content (AvgIpc) is 2.79. The Morgan fingerprint density at radius 2 is 1.70 bits per heavy atom. The highest BCUT2D eigenvalue weighted by Crippen LogP contribution is 2.29. The first-order valence-corrected chi connectivity index (χ1v) is 11.5. The van der Waals surface area contributed by atoms with Gasteiger partial charge in [0.05, 0.1) is 0 Å². The molecule has 5 nitrogen and oxygen atoms in total. The maximum atomic E-state index is 13.6. The molecule has 0 heterocycles. The van der Waals surface area contributed by atoms with E-state index in [4.69, 9.17) is 5.73 Å². The van der Waals surface area contributed by atoms with Crippen molar-refractivity contribution in [3.63, 3.8) is 0 Å². The number of para-hydroxylation sites is 1. The molecule has 1 fully saturated rings. The third kappa shape index (κ3) is 6.84. The number of rotatable bonds is 8. The van der Waals surface area contributed by atoms with Gasteiger partial charge in [0, 0.05) is 36.3 Å². The van der Waals surface area contributed by atoms with Gasteiger partial charge in [0.1, 0.15) is 11.6 Å². The SMILES string of the molecule is CC(C)(CN)CN(Cc1ccccc1NC(=O)c1cc(F)cc(F)c1)C(=O)C1CCCCC1. The summed E-state index contributed by atoms with van der Waals surface area (Å²) in [5.41, 5.74) is 6.83. The second-order valence-corrected chi connectivity index (χ2v) is 9.67. The summed E-state index contributed by atoms with van der Waals surface area (Å²) in [6.07, 6.45) is 5.06. The molecule has 3 N–H and O–H groups in total. The van der Waals surface area contributed by atoms with Crippen LogP contribution in [0.1, 0.15) is 61.9 Å². The molecule has 2 amide bonds. The largest absolute Gasteiger partial charge is 0.337 e. The Morgan fingerprint density at radius 1 is 1.06 bits per heavy atom. The molecule has 3 rings (SSSR count). The van der Waals surface area contributed by atoms with Crippen LogP contribution in [0.2, 0.25) is 0 Å². The second kappa shape index (κ2) is 10.9. The van der Waals surface area contributed by atoms with E-state index in [1.807, 2.05) is 30.9 Å². The molecule has 1 saturated carbocycles. The maximum absolute atomic E-state index is 13.6. The number of nitrogens with one attached hydrogen (secondary N) is 1. The van der Waals surface area contributed by atoms with Crippen LogP contribution < -0.4 is 11.1 Å². The lowest BCUT2D eigenvalue weighted by Crippen LogP contribution is -2.44. The molecule has 0 unspecified atom stereocenters. The molecular weight excluding hydrogens is 424 g/mol. The molecule has 0 bridgehead atoms. The number of nitrogens with two attached hydrogens (primary N) is 1. The Balaban J connectivity index is 1.83. The third-order valence-electron chi connectivity index (χ3n) is 6.19. The number of hydrogen-bond acceptors (Lipinski definition) is 3. The summed E-state index contributed by atoms with van der Waals surface area (Å²) < 4.78 is 27.1. The van der Waals surface area contributed by atoms with Crippen LogP contribution in [0.15, 0.2) is 42.5 Å².